The van der Waals surface area contributed by atoms with Gasteiger partial charge in [0.25, 0.3) is 0 Å². The third-order valence-electron chi connectivity index (χ3n) is 13.1. The summed E-state index contributed by atoms with van der Waals surface area (Å²) in [6, 6.07) is 0. The maximum absolute atomic E-state index is 12.9. The van der Waals surface area contributed by atoms with Crippen LogP contribution in [0.25, 0.3) is 0 Å². The van der Waals surface area contributed by atoms with E-state index in [4.69, 9.17) is 23.3 Å². The Morgan fingerprint density at radius 1 is 0.362 bits per heavy atom. The molecule has 0 saturated heterocycles. The highest BCUT2D eigenvalue weighted by molar-refractivity contribution is 7.47. The zero-order valence-electron chi connectivity index (χ0n) is 50.8. The monoisotopic (exact) mass is 1140 g/mol. The molecule has 0 aromatic heterocycles. The fraction of sp³-hybridized carbons (Fsp3) is 0.691. The lowest BCUT2D eigenvalue weighted by molar-refractivity contribution is -0.161. The molecule has 0 heterocycles. The SMILES string of the molecule is CC/C=C\C/C=C\C/C=C\C/C=C\C/C=C\CCCCCC(=O)OC(COC(=O)CCCCCCCCCCC/C=C\C/C=C\CCCCC)COP(=O)(O)OCC(CO)OC(=O)CCCCCCC/C=C\C/C=C\CCCCC. The molecular weight excluding hydrogens is 1020 g/mol. The quantitative estimate of drug-likeness (QED) is 0.0197. The fourth-order valence-electron chi connectivity index (χ4n) is 8.33. The average molecular weight is 1140 g/mol. The Hall–Kier alpha value is -3.86. The van der Waals surface area contributed by atoms with E-state index in [2.05, 4.69) is 130 Å². The summed E-state index contributed by atoms with van der Waals surface area (Å²) < 4.78 is 39.6. The number of allylic oxidation sites excluding steroid dienone is 18. The Morgan fingerprint density at radius 3 is 1.01 bits per heavy atom. The predicted molar refractivity (Wildman–Crippen MR) is 334 cm³/mol. The number of hydrogen-bond donors (Lipinski definition) is 2. The third kappa shape index (κ3) is 58.8. The molecule has 0 amide bonds. The Balaban J connectivity index is 4.80. The maximum Gasteiger partial charge on any atom is 0.472 e. The lowest BCUT2D eigenvalue weighted by Crippen LogP contribution is -2.30. The predicted octanol–water partition coefficient (Wildman–Crippen LogP) is 19.4. The van der Waals surface area contributed by atoms with Gasteiger partial charge in [0.15, 0.2) is 6.10 Å². The first-order valence-electron chi connectivity index (χ1n) is 31.8. The van der Waals surface area contributed by atoms with Crippen molar-refractivity contribution < 1.29 is 52.2 Å². The molecule has 0 fully saturated rings. The first kappa shape index (κ1) is 76.1. The van der Waals surface area contributed by atoms with Gasteiger partial charge in [-0.25, -0.2) is 4.57 Å². The summed E-state index contributed by atoms with van der Waals surface area (Å²) in [5.41, 5.74) is 0. The number of phosphoric acid groups is 1. The van der Waals surface area contributed by atoms with Gasteiger partial charge in [0, 0.05) is 19.3 Å². The minimum atomic E-state index is -4.77. The summed E-state index contributed by atoms with van der Waals surface area (Å²) in [6.45, 7) is 4.44. The van der Waals surface area contributed by atoms with E-state index < -0.39 is 57.8 Å². The van der Waals surface area contributed by atoms with Crippen molar-refractivity contribution in [1.82, 2.24) is 0 Å². The number of ether oxygens (including phenoxy) is 3. The van der Waals surface area contributed by atoms with Crippen molar-refractivity contribution in [2.75, 3.05) is 26.4 Å². The molecule has 0 aliphatic carbocycles. The summed E-state index contributed by atoms with van der Waals surface area (Å²) in [4.78, 5) is 48.7. The molecule has 11 nitrogen and oxygen atoms in total. The van der Waals surface area contributed by atoms with Gasteiger partial charge < -0.3 is 24.2 Å². The molecule has 80 heavy (non-hydrogen) atoms. The molecule has 0 radical (unpaired) electrons. The zero-order valence-corrected chi connectivity index (χ0v) is 51.7. The maximum atomic E-state index is 12.9. The summed E-state index contributed by atoms with van der Waals surface area (Å²) in [6.07, 6.45) is 74.6. The van der Waals surface area contributed by atoms with Crippen LogP contribution in [0.5, 0.6) is 0 Å². The first-order valence-corrected chi connectivity index (χ1v) is 33.3. The molecular formula is C68H115O11P. The molecule has 0 aliphatic rings. The van der Waals surface area contributed by atoms with Crippen LogP contribution in [0.1, 0.15) is 265 Å². The third-order valence-corrected chi connectivity index (χ3v) is 14.1. The van der Waals surface area contributed by atoms with Crippen molar-refractivity contribution in [2.45, 2.75) is 277 Å². The van der Waals surface area contributed by atoms with Gasteiger partial charge in [-0.3, -0.25) is 23.4 Å². The second kappa shape index (κ2) is 61.2. The molecule has 0 saturated carbocycles. The van der Waals surface area contributed by atoms with Crippen molar-refractivity contribution in [3.8, 4) is 0 Å². The molecule has 3 atom stereocenters. The molecule has 0 bridgehead atoms. The van der Waals surface area contributed by atoms with Crippen LogP contribution < -0.4 is 0 Å². The van der Waals surface area contributed by atoms with E-state index in [1.165, 1.54) is 77.0 Å². The number of rotatable bonds is 58. The first-order chi connectivity index (χ1) is 39.2. The van der Waals surface area contributed by atoms with Gasteiger partial charge in [-0.15, -0.1) is 0 Å². The van der Waals surface area contributed by atoms with Crippen molar-refractivity contribution in [2.24, 2.45) is 0 Å². The van der Waals surface area contributed by atoms with E-state index in [0.717, 1.165) is 128 Å². The summed E-state index contributed by atoms with van der Waals surface area (Å²) >= 11 is 0. The van der Waals surface area contributed by atoms with Crippen LogP contribution in [0.3, 0.4) is 0 Å². The van der Waals surface area contributed by atoms with Crippen LogP contribution in [0.4, 0.5) is 0 Å². The van der Waals surface area contributed by atoms with Gasteiger partial charge in [0.05, 0.1) is 19.8 Å². The van der Waals surface area contributed by atoms with E-state index in [9.17, 15) is 28.9 Å². The molecule has 0 rings (SSSR count). The average Bonchev–Trinajstić information content (AvgIpc) is 3.45. The highest BCUT2D eigenvalue weighted by Gasteiger charge is 2.28. The minimum absolute atomic E-state index is 0.122. The highest BCUT2D eigenvalue weighted by Crippen LogP contribution is 2.43. The summed E-state index contributed by atoms with van der Waals surface area (Å²) in [5.74, 6) is -1.52. The van der Waals surface area contributed by atoms with Crippen molar-refractivity contribution >= 4 is 25.7 Å². The van der Waals surface area contributed by atoms with Gasteiger partial charge in [0.2, 0.25) is 0 Å². The molecule has 3 unspecified atom stereocenters. The molecule has 0 aromatic rings. The number of aliphatic hydroxyl groups excluding tert-OH is 1. The number of carbonyl (C=O) groups is 3. The molecule has 458 valence electrons. The second-order valence-corrected chi connectivity index (χ2v) is 22.3. The van der Waals surface area contributed by atoms with E-state index in [0.29, 0.717) is 19.3 Å². The Morgan fingerprint density at radius 2 is 0.650 bits per heavy atom. The van der Waals surface area contributed by atoms with Gasteiger partial charge in [-0.05, 0) is 128 Å². The number of esters is 3. The van der Waals surface area contributed by atoms with E-state index in [1.54, 1.807) is 0 Å². The van der Waals surface area contributed by atoms with Crippen LogP contribution in [-0.4, -0.2) is 66.5 Å². The number of phosphoric ester groups is 1. The number of carbonyl (C=O) groups excluding carboxylic acids is 3. The van der Waals surface area contributed by atoms with Crippen LogP contribution in [0.2, 0.25) is 0 Å². The van der Waals surface area contributed by atoms with E-state index >= 15 is 0 Å². The van der Waals surface area contributed by atoms with Crippen LogP contribution in [-0.2, 0) is 42.2 Å². The largest absolute Gasteiger partial charge is 0.472 e. The highest BCUT2D eigenvalue weighted by atomic mass is 31.2. The smallest absolute Gasteiger partial charge is 0.462 e. The molecule has 2 N–H and O–H groups in total. The van der Waals surface area contributed by atoms with Crippen molar-refractivity contribution in [3.05, 3.63) is 109 Å². The van der Waals surface area contributed by atoms with Crippen LogP contribution in [0, 0.1) is 0 Å². The normalized spacial score (nSPS) is 14.0. The minimum Gasteiger partial charge on any atom is -0.462 e. The lowest BCUT2D eigenvalue weighted by Gasteiger charge is -2.21. The zero-order chi connectivity index (χ0) is 58.3. The van der Waals surface area contributed by atoms with Crippen molar-refractivity contribution in [1.29, 1.82) is 0 Å². The molecule has 0 aliphatic heterocycles. The van der Waals surface area contributed by atoms with Gasteiger partial charge in [-0.1, -0.05) is 226 Å². The summed E-state index contributed by atoms with van der Waals surface area (Å²) in [7, 11) is -4.77. The summed E-state index contributed by atoms with van der Waals surface area (Å²) in [5, 5.41) is 9.84. The Kier molecular flexibility index (Phi) is 58.3. The number of aliphatic hydroxyl groups is 1. The van der Waals surface area contributed by atoms with Gasteiger partial charge in [0.1, 0.15) is 12.7 Å². The van der Waals surface area contributed by atoms with Gasteiger partial charge >= 0.3 is 25.7 Å². The Bertz CT molecular complexity index is 1760. The van der Waals surface area contributed by atoms with Crippen molar-refractivity contribution in [3.63, 3.8) is 0 Å². The van der Waals surface area contributed by atoms with E-state index in [1.807, 2.05) is 0 Å². The second-order valence-electron chi connectivity index (χ2n) is 20.8. The topological polar surface area (TPSA) is 155 Å². The lowest BCUT2D eigenvalue weighted by atomic mass is 10.1. The molecule has 12 heteroatoms. The molecule has 0 aromatic carbocycles. The molecule has 0 spiro atoms. The fourth-order valence-corrected chi connectivity index (χ4v) is 9.11. The van der Waals surface area contributed by atoms with E-state index in [-0.39, 0.29) is 25.9 Å². The number of unbranched alkanes of at least 4 members (excludes halogenated alkanes) is 23. The number of hydrogen-bond acceptors (Lipinski definition) is 10. The van der Waals surface area contributed by atoms with Crippen LogP contribution >= 0.6 is 7.82 Å². The standard InChI is InChI=1S/C68H115O11P/c1-4-7-10-13-16-19-22-25-28-30-32-34-37-39-42-45-48-51-54-57-66(70)75-61-65(79-68(72)59-56-53-50-47-44-41-38-35-33-31-29-26-23-20-17-14-11-8-5-2)63-77-80(73,74)76-62-64(60-69)78-67(71)58-55-52-49-46-43-40-36-27-24-21-18-15-12-9-6-3/h8,11,16-21,25-29,33,35-36,41,44,64-65,69H,4-7,9-10,12-15,22-24,30-32,34,37-40,42-43,45-63H2,1-3H3,(H,73,74)/b11-8-,19-16-,20-17-,21-18-,28-25-,29-26-,35-33-,36-27-,44-41-. The van der Waals surface area contributed by atoms with Gasteiger partial charge in [-0.2, -0.15) is 0 Å². The Labute approximate surface area is 488 Å². The van der Waals surface area contributed by atoms with Crippen LogP contribution in [0.15, 0.2) is 109 Å².